The van der Waals surface area contributed by atoms with Crippen molar-refractivity contribution in [3.63, 3.8) is 0 Å². The zero-order valence-electron chi connectivity index (χ0n) is 15.3. The van der Waals surface area contributed by atoms with Crippen molar-refractivity contribution in [1.29, 1.82) is 0 Å². The number of para-hydroxylation sites is 1. The third-order valence-corrected chi connectivity index (χ3v) is 4.58. The van der Waals surface area contributed by atoms with Gasteiger partial charge >= 0.3 is 0 Å². The van der Waals surface area contributed by atoms with Gasteiger partial charge in [0.2, 0.25) is 5.91 Å². The molecule has 1 N–H and O–H groups in total. The van der Waals surface area contributed by atoms with Gasteiger partial charge in [0.15, 0.2) is 0 Å². The first-order chi connectivity index (χ1) is 14.1. The van der Waals surface area contributed by atoms with Gasteiger partial charge in [0.25, 0.3) is 5.76 Å². The summed E-state index contributed by atoms with van der Waals surface area (Å²) in [4.78, 5) is 16.5. The van der Waals surface area contributed by atoms with Crippen molar-refractivity contribution in [2.75, 3.05) is 5.32 Å². The molecule has 0 aliphatic carbocycles. The lowest BCUT2D eigenvalue weighted by atomic mass is 10.2. The van der Waals surface area contributed by atoms with E-state index in [4.69, 9.17) is 4.74 Å². The molecule has 0 saturated carbocycles. The minimum atomic E-state index is -2.55. The molecule has 2 aromatic carbocycles. The number of halogens is 2. The second-order valence-corrected chi connectivity index (χ2v) is 6.95. The molecular weight excluding hydrogens is 394 g/mol. The number of aromatic nitrogens is 1. The van der Waals surface area contributed by atoms with Gasteiger partial charge in [-0.1, -0.05) is 42.1 Å². The molecule has 7 heteroatoms. The van der Waals surface area contributed by atoms with E-state index in [1.165, 1.54) is 6.08 Å². The number of nitrogens with one attached hydrogen (secondary N) is 1. The molecule has 0 unspecified atom stereocenters. The quantitative estimate of drug-likeness (QED) is 0.385. The third kappa shape index (κ3) is 6.73. The number of benzene rings is 2. The highest BCUT2D eigenvalue weighted by Crippen LogP contribution is 2.31. The maximum absolute atomic E-state index is 12.6. The van der Waals surface area contributed by atoms with Crippen molar-refractivity contribution in [3.05, 3.63) is 90.3 Å². The van der Waals surface area contributed by atoms with E-state index in [1.807, 2.05) is 36.4 Å². The van der Waals surface area contributed by atoms with Crippen molar-refractivity contribution >= 4 is 29.4 Å². The lowest BCUT2D eigenvalue weighted by molar-refractivity contribution is -0.111. The van der Waals surface area contributed by atoms with Gasteiger partial charge in [-0.25, -0.2) is 0 Å². The Hall–Kier alpha value is -3.19. The molecule has 1 aromatic heterocycles. The summed E-state index contributed by atoms with van der Waals surface area (Å²) in [5.74, 6) is -2.25. The van der Waals surface area contributed by atoms with E-state index in [9.17, 15) is 13.6 Å². The monoisotopic (exact) mass is 412 g/mol. The summed E-state index contributed by atoms with van der Waals surface area (Å²) >= 11 is 0.396. The lowest BCUT2D eigenvalue weighted by Crippen LogP contribution is -2.08. The average Bonchev–Trinajstić information content (AvgIpc) is 2.73. The van der Waals surface area contributed by atoms with E-state index >= 15 is 0 Å². The third-order valence-electron chi connectivity index (χ3n) is 3.80. The van der Waals surface area contributed by atoms with E-state index in [0.717, 1.165) is 11.1 Å². The highest BCUT2D eigenvalue weighted by atomic mass is 32.2. The standard InChI is InChI=1S/C22H18F2N2O2S/c23-22(24)29-20-6-2-1-5-19(20)26-21(27)12-9-16-7-10-18(11-8-16)28-15-17-4-3-13-25-14-17/h1-14,22H,15H2,(H,26,27)/b12-9+. The topological polar surface area (TPSA) is 51.2 Å². The summed E-state index contributed by atoms with van der Waals surface area (Å²) in [6.45, 7) is 0.418. The fourth-order valence-corrected chi connectivity index (χ4v) is 3.04. The number of pyridine rings is 1. The second kappa shape index (κ2) is 10.4. The second-order valence-electron chi connectivity index (χ2n) is 5.92. The number of alkyl halides is 2. The van der Waals surface area contributed by atoms with E-state index in [2.05, 4.69) is 10.3 Å². The number of carbonyl (C=O) groups excluding carboxylic acids is 1. The molecule has 0 spiro atoms. The summed E-state index contributed by atoms with van der Waals surface area (Å²) in [6, 6.07) is 17.5. The molecule has 0 bridgehead atoms. The molecule has 3 aromatic rings. The molecule has 0 aliphatic rings. The Bertz CT molecular complexity index is 964. The van der Waals surface area contributed by atoms with Crippen LogP contribution >= 0.6 is 11.8 Å². The molecule has 0 aliphatic heterocycles. The summed E-state index contributed by atoms with van der Waals surface area (Å²) in [7, 11) is 0. The van der Waals surface area contributed by atoms with Gasteiger partial charge in [-0.2, -0.15) is 8.78 Å². The Morgan fingerprint density at radius 3 is 2.62 bits per heavy atom. The lowest BCUT2D eigenvalue weighted by Gasteiger charge is -2.08. The number of ether oxygens (including phenoxy) is 1. The van der Waals surface area contributed by atoms with E-state index in [-0.39, 0.29) is 0 Å². The van der Waals surface area contributed by atoms with Crippen LogP contribution in [-0.2, 0) is 11.4 Å². The molecule has 29 heavy (non-hydrogen) atoms. The summed E-state index contributed by atoms with van der Waals surface area (Å²) in [5, 5.41) is 2.63. The molecule has 0 fully saturated rings. The van der Waals surface area contributed by atoms with Gasteiger partial charge in [0.05, 0.1) is 5.69 Å². The van der Waals surface area contributed by atoms with Gasteiger partial charge < -0.3 is 10.1 Å². The highest BCUT2D eigenvalue weighted by Gasteiger charge is 2.10. The minimum absolute atomic E-state index is 0.319. The SMILES string of the molecule is O=C(/C=C/c1ccc(OCc2cccnc2)cc1)Nc1ccccc1SC(F)F. The van der Waals surface area contributed by atoms with Crippen molar-refractivity contribution < 1.29 is 18.3 Å². The maximum atomic E-state index is 12.6. The number of thioether (sulfide) groups is 1. The molecule has 1 heterocycles. The molecule has 3 rings (SSSR count). The molecule has 148 valence electrons. The van der Waals surface area contributed by atoms with Gasteiger partial charge in [-0.05, 0) is 42.0 Å². The van der Waals surface area contributed by atoms with Gasteiger partial charge in [-0.3, -0.25) is 9.78 Å². The van der Waals surface area contributed by atoms with Crippen LogP contribution in [0.5, 0.6) is 5.75 Å². The van der Waals surface area contributed by atoms with Gasteiger partial charge in [-0.15, -0.1) is 0 Å². The van der Waals surface area contributed by atoms with E-state index < -0.39 is 11.7 Å². The van der Waals surface area contributed by atoms with Crippen LogP contribution in [0.15, 0.2) is 84.0 Å². The first-order valence-electron chi connectivity index (χ1n) is 8.75. The van der Waals surface area contributed by atoms with Crippen LogP contribution in [0.25, 0.3) is 6.08 Å². The largest absolute Gasteiger partial charge is 0.489 e. The smallest absolute Gasteiger partial charge is 0.288 e. The number of carbonyl (C=O) groups is 1. The van der Waals surface area contributed by atoms with Crippen LogP contribution < -0.4 is 10.1 Å². The molecule has 1 amide bonds. The zero-order valence-corrected chi connectivity index (χ0v) is 16.1. The number of rotatable bonds is 8. The van der Waals surface area contributed by atoms with Crippen LogP contribution in [0.1, 0.15) is 11.1 Å². The predicted molar refractivity (Wildman–Crippen MR) is 111 cm³/mol. The normalized spacial score (nSPS) is 11.0. The number of anilines is 1. The highest BCUT2D eigenvalue weighted by molar-refractivity contribution is 7.99. The van der Waals surface area contributed by atoms with Crippen LogP contribution in [0.3, 0.4) is 0 Å². The molecule has 0 atom stereocenters. The number of amides is 1. The fourth-order valence-electron chi connectivity index (χ4n) is 2.44. The van der Waals surface area contributed by atoms with Crippen LogP contribution in [0.4, 0.5) is 14.5 Å². The van der Waals surface area contributed by atoms with Gasteiger partial charge in [0.1, 0.15) is 12.4 Å². The van der Waals surface area contributed by atoms with Crippen molar-refractivity contribution in [3.8, 4) is 5.75 Å². The van der Waals surface area contributed by atoms with Crippen molar-refractivity contribution in [1.82, 2.24) is 4.98 Å². The molecule has 0 saturated heterocycles. The first-order valence-corrected chi connectivity index (χ1v) is 9.63. The number of hydrogen-bond donors (Lipinski definition) is 1. The fraction of sp³-hybridized carbons (Fsp3) is 0.0909. The Balaban J connectivity index is 1.55. The Labute approximate surface area is 171 Å². The number of nitrogens with zero attached hydrogens (tertiary/aromatic N) is 1. The molecule has 4 nitrogen and oxygen atoms in total. The minimum Gasteiger partial charge on any atom is -0.489 e. The predicted octanol–water partition coefficient (Wildman–Crippen LogP) is 5.63. The molecule has 0 radical (unpaired) electrons. The first kappa shape index (κ1) is 20.5. The Morgan fingerprint density at radius 1 is 1.10 bits per heavy atom. The van der Waals surface area contributed by atoms with Crippen LogP contribution in [0.2, 0.25) is 0 Å². The average molecular weight is 412 g/mol. The Kier molecular flexibility index (Phi) is 7.35. The Morgan fingerprint density at radius 2 is 1.90 bits per heavy atom. The molecular formula is C22H18F2N2O2S. The summed E-state index contributed by atoms with van der Waals surface area (Å²) in [6.07, 6.45) is 6.45. The van der Waals surface area contributed by atoms with E-state index in [0.29, 0.717) is 34.7 Å². The van der Waals surface area contributed by atoms with Crippen LogP contribution in [-0.4, -0.2) is 16.6 Å². The van der Waals surface area contributed by atoms with Crippen LogP contribution in [0, 0.1) is 0 Å². The summed E-state index contributed by atoms with van der Waals surface area (Å²) < 4.78 is 30.9. The summed E-state index contributed by atoms with van der Waals surface area (Å²) in [5.41, 5.74) is 2.13. The van der Waals surface area contributed by atoms with Crippen molar-refractivity contribution in [2.45, 2.75) is 17.3 Å². The van der Waals surface area contributed by atoms with E-state index in [1.54, 1.807) is 42.7 Å². The zero-order chi connectivity index (χ0) is 20.5. The maximum Gasteiger partial charge on any atom is 0.288 e. The number of hydrogen-bond acceptors (Lipinski definition) is 4. The van der Waals surface area contributed by atoms with Crippen molar-refractivity contribution in [2.24, 2.45) is 0 Å². The van der Waals surface area contributed by atoms with Gasteiger partial charge in [0, 0.05) is 28.9 Å².